The Bertz CT molecular complexity index is 550. The summed E-state index contributed by atoms with van der Waals surface area (Å²) in [6.07, 6.45) is -1.80. The largest absolute Gasteiger partial charge is 0.479 e. The van der Waals surface area contributed by atoms with Crippen LogP contribution in [0.3, 0.4) is 0 Å². The summed E-state index contributed by atoms with van der Waals surface area (Å²) in [5.74, 6) is -1.64. The predicted octanol–water partition coefficient (Wildman–Crippen LogP) is 1.90. The second kappa shape index (κ2) is 6.45. The molecule has 19 heavy (non-hydrogen) atoms. The molecule has 2 unspecified atom stereocenters. The molecule has 0 fully saturated rings. The molecule has 0 aromatic heterocycles. The fraction of sp³-hybridized carbons (Fsp3) is 0.308. The molecule has 0 spiro atoms. The molecule has 5 nitrogen and oxygen atoms in total. The lowest BCUT2D eigenvalue weighted by Gasteiger charge is -2.18. The number of benzene rings is 1. The Morgan fingerprint density at radius 3 is 2.58 bits per heavy atom. The van der Waals surface area contributed by atoms with Crippen molar-refractivity contribution in [1.82, 2.24) is 0 Å². The van der Waals surface area contributed by atoms with Gasteiger partial charge in [0.05, 0.1) is 17.3 Å². The van der Waals surface area contributed by atoms with Gasteiger partial charge in [0.25, 0.3) is 0 Å². The first-order valence-corrected chi connectivity index (χ1v) is 6.35. The van der Waals surface area contributed by atoms with Crippen LogP contribution in [0.5, 0.6) is 0 Å². The Labute approximate surface area is 118 Å². The average molecular weight is 326 g/mol. The van der Waals surface area contributed by atoms with Crippen molar-refractivity contribution in [2.45, 2.75) is 24.3 Å². The molecule has 0 amide bonds. The van der Waals surface area contributed by atoms with Crippen LogP contribution in [0, 0.1) is 11.3 Å². The lowest BCUT2D eigenvalue weighted by molar-refractivity contribution is -0.147. The molecule has 0 aliphatic heterocycles. The minimum absolute atomic E-state index is 0.0366. The first kappa shape index (κ1) is 15.3. The zero-order valence-electron chi connectivity index (χ0n) is 10.1. The molecule has 0 radical (unpaired) electrons. The van der Waals surface area contributed by atoms with E-state index in [4.69, 9.17) is 10.4 Å². The van der Waals surface area contributed by atoms with Crippen LogP contribution in [-0.2, 0) is 16.0 Å². The monoisotopic (exact) mass is 325 g/mol. The molecule has 0 saturated carbocycles. The zero-order chi connectivity index (χ0) is 14.6. The second-order valence-electron chi connectivity index (χ2n) is 3.97. The Hall–Kier alpha value is -1.71. The molecule has 2 N–H and O–H groups in total. The van der Waals surface area contributed by atoms with Crippen molar-refractivity contribution in [2.75, 3.05) is 0 Å². The van der Waals surface area contributed by atoms with E-state index in [9.17, 15) is 14.7 Å². The Morgan fingerprint density at radius 2 is 2.11 bits per heavy atom. The number of hydrogen-bond donors (Lipinski definition) is 2. The molecule has 2 atom stereocenters. The number of nitrogens with zero attached hydrogens (tertiary/aromatic N) is 1. The van der Waals surface area contributed by atoms with Crippen molar-refractivity contribution in [2.24, 2.45) is 0 Å². The van der Waals surface area contributed by atoms with Crippen molar-refractivity contribution in [1.29, 1.82) is 5.26 Å². The van der Waals surface area contributed by atoms with Gasteiger partial charge in [-0.05, 0) is 18.1 Å². The first-order chi connectivity index (χ1) is 8.90. The molecule has 0 saturated heterocycles. The molecular weight excluding hydrogens is 314 g/mol. The summed E-state index contributed by atoms with van der Waals surface area (Å²) in [6.45, 7) is 1.35. The second-order valence-corrected chi connectivity index (χ2v) is 4.88. The standard InChI is InChI=1S/C13H12BrNO4/c1-7(16)11(14)9-4-2-3-8(5-6-15)10(9)12(17)13(18)19/h2-4,11-12,17H,5H2,1H3,(H,18,19). The lowest BCUT2D eigenvalue weighted by Crippen LogP contribution is -2.17. The van der Waals surface area contributed by atoms with Gasteiger partial charge in [0.1, 0.15) is 5.78 Å². The third-order valence-electron chi connectivity index (χ3n) is 2.64. The zero-order valence-corrected chi connectivity index (χ0v) is 11.7. The predicted molar refractivity (Wildman–Crippen MR) is 70.7 cm³/mol. The van der Waals surface area contributed by atoms with Crippen molar-refractivity contribution in [3.05, 3.63) is 34.9 Å². The fourth-order valence-corrected chi connectivity index (χ4v) is 2.17. The number of halogens is 1. The fourth-order valence-electron chi connectivity index (χ4n) is 1.77. The van der Waals surface area contributed by atoms with Crippen LogP contribution >= 0.6 is 15.9 Å². The maximum absolute atomic E-state index is 11.4. The Balaban J connectivity index is 3.46. The number of nitriles is 1. The number of ketones is 1. The summed E-state index contributed by atoms with van der Waals surface area (Å²) in [5.41, 5.74) is 0.879. The van der Waals surface area contributed by atoms with Crippen LogP contribution in [0.1, 0.15) is 34.5 Å². The van der Waals surface area contributed by atoms with E-state index in [1.807, 2.05) is 6.07 Å². The van der Waals surface area contributed by atoms with Gasteiger partial charge in [-0.3, -0.25) is 4.79 Å². The maximum Gasteiger partial charge on any atom is 0.337 e. The molecule has 0 bridgehead atoms. The SMILES string of the molecule is CC(=O)C(Br)c1cccc(CC#N)c1C(O)C(=O)O. The molecule has 0 aliphatic rings. The van der Waals surface area contributed by atoms with E-state index in [1.165, 1.54) is 6.92 Å². The van der Waals surface area contributed by atoms with Gasteiger partial charge in [0.2, 0.25) is 0 Å². The first-order valence-electron chi connectivity index (χ1n) is 5.44. The van der Waals surface area contributed by atoms with E-state index in [-0.39, 0.29) is 17.8 Å². The van der Waals surface area contributed by atoms with E-state index >= 15 is 0 Å². The molecule has 1 rings (SSSR count). The van der Waals surface area contributed by atoms with Crippen molar-refractivity contribution < 1.29 is 19.8 Å². The summed E-state index contributed by atoms with van der Waals surface area (Å²) in [5, 5.41) is 27.5. The molecule has 1 aromatic rings. The van der Waals surface area contributed by atoms with Crippen molar-refractivity contribution >= 4 is 27.7 Å². The van der Waals surface area contributed by atoms with Crippen LogP contribution < -0.4 is 0 Å². The number of carboxylic acid groups (broad SMARTS) is 1. The highest BCUT2D eigenvalue weighted by molar-refractivity contribution is 9.09. The number of hydrogen-bond acceptors (Lipinski definition) is 4. The number of alkyl halides is 1. The van der Waals surface area contributed by atoms with Gasteiger partial charge >= 0.3 is 5.97 Å². The number of aliphatic hydroxyl groups excluding tert-OH is 1. The molecular formula is C13H12BrNO4. The van der Waals surface area contributed by atoms with Crippen molar-refractivity contribution in [3.63, 3.8) is 0 Å². The summed E-state index contributed by atoms with van der Waals surface area (Å²) >= 11 is 3.17. The van der Waals surface area contributed by atoms with Gasteiger partial charge < -0.3 is 10.2 Å². The number of carbonyl (C=O) groups is 2. The smallest absolute Gasteiger partial charge is 0.337 e. The quantitative estimate of drug-likeness (QED) is 0.805. The molecule has 6 heteroatoms. The minimum atomic E-state index is -1.76. The molecule has 0 heterocycles. The van der Waals surface area contributed by atoms with Crippen LogP contribution in [0.4, 0.5) is 0 Å². The number of carbonyl (C=O) groups excluding carboxylic acids is 1. The molecule has 1 aromatic carbocycles. The summed E-state index contributed by atoms with van der Waals surface area (Å²) in [4.78, 5) is 21.7. The Kier molecular flexibility index (Phi) is 5.21. The highest BCUT2D eigenvalue weighted by Gasteiger charge is 2.27. The third kappa shape index (κ3) is 3.40. The van der Waals surface area contributed by atoms with Crippen molar-refractivity contribution in [3.8, 4) is 6.07 Å². The molecule has 100 valence electrons. The average Bonchev–Trinajstić information content (AvgIpc) is 2.37. The highest BCUT2D eigenvalue weighted by Crippen LogP contribution is 2.33. The van der Waals surface area contributed by atoms with E-state index in [2.05, 4.69) is 15.9 Å². The molecule has 0 aliphatic carbocycles. The van der Waals surface area contributed by atoms with Crippen LogP contribution in [0.2, 0.25) is 0 Å². The minimum Gasteiger partial charge on any atom is -0.479 e. The van der Waals surface area contributed by atoms with Gasteiger partial charge in [-0.2, -0.15) is 5.26 Å². The van der Waals surface area contributed by atoms with E-state index < -0.39 is 16.9 Å². The van der Waals surface area contributed by atoms with Crippen LogP contribution in [-0.4, -0.2) is 22.0 Å². The topological polar surface area (TPSA) is 98.4 Å². The van der Waals surface area contributed by atoms with E-state index in [0.29, 0.717) is 11.1 Å². The van der Waals surface area contributed by atoms with E-state index in [1.54, 1.807) is 18.2 Å². The van der Waals surface area contributed by atoms with Gasteiger partial charge in [0, 0.05) is 5.56 Å². The van der Waals surface area contributed by atoms with Crippen LogP contribution in [0.15, 0.2) is 18.2 Å². The number of rotatable bonds is 5. The van der Waals surface area contributed by atoms with Gasteiger partial charge in [-0.15, -0.1) is 0 Å². The van der Waals surface area contributed by atoms with Crippen LogP contribution in [0.25, 0.3) is 0 Å². The highest BCUT2D eigenvalue weighted by atomic mass is 79.9. The number of Topliss-reactive ketones (excluding diaryl/α,β-unsaturated/α-hetero) is 1. The maximum atomic E-state index is 11.4. The number of aliphatic carboxylic acids is 1. The third-order valence-corrected chi connectivity index (χ3v) is 3.77. The normalized spacial score (nSPS) is 13.4. The summed E-state index contributed by atoms with van der Waals surface area (Å²) in [7, 11) is 0. The number of carboxylic acids is 1. The number of aliphatic hydroxyl groups is 1. The van der Waals surface area contributed by atoms with Gasteiger partial charge in [-0.1, -0.05) is 34.1 Å². The summed E-state index contributed by atoms with van der Waals surface area (Å²) in [6, 6.07) is 6.65. The Morgan fingerprint density at radius 1 is 1.47 bits per heavy atom. The summed E-state index contributed by atoms with van der Waals surface area (Å²) < 4.78 is 0. The van der Waals surface area contributed by atoms with Gasteiger partial charge in [0.15, 0.2) is 6.10 Å². The lowest BCUT2D eigenvalue weighted by atomic mass is 9.92. The van der Waals surface area contributed by atoms with Gasteiger partial charge in [-0.25, -0.2) is 4.79 Å². The van der Waals surface area contributed by atoms with E-state index in [0.717, 1.165) is 0 Å².